The molecule has 0 fully saturated rings. The van der Waals surface area contributed by atoms with E-state index in [0.29, 0.717) is 0 Å². The molecule has 2 aromatic rings. The molecule has 80 valence electrons. The fraction of sp³-hybridized carbons (Fsp3) is 0.333. The van der Waals surface area contributed by atoms with Crippen LogP contribution in [0.1, 0.15) is 19.5 Å². The minimum absolute atomic E-state index is 0.0660. The van der Waals surface area contributed by atoms with Crippen LogP contribution in [0, 0.1) is 17.0 Å². The largest absolute Gasteiger partial charge is 0.333 e. The van der Waals surface area contributed by atoms with Gasteiger partial charge in [0.05, 0.1) is 4.92 Å². The molecular formula is C9H12N4O2. The van der Waals surface area contributed by atoms with E-state index >= 15 is 0 Å². The third kappa shape index (κ3) is 2.09. The van der Waals surface area contributed by atoms with Crippen molar-refractivity contribution in [1.29, 1.82) is 0 Å². The predicted octanol–water partition coefficient (Wildman–Crippen LogP) is 1.97. The molecule has 2 heterocycles. The van der Waals surface area contributed by atoms with Gasteiger partial charge in [0.15, 0.2) is 0 Å². The molecule has 0 N–H and O–H groups in total. The van der Waals surface area contributed by atoms with Gasteiger partial charge in [-0.3, -0.25) is 10.1 Å². The molecule has 0 aliphatic heterocycles. The van der Waals surface area contributed by atoms with E-state index in [1.54, 1.807) is 19.2 Å². The quantitative estimate of drug-likeness (QED) is 0.530. The van der Waals surface area contributed by atoms with E-state index in [1.165, 1.54) is 10.7 Å². The van der Waals surface area contributed by atoms with Crippen LogP contribution in [-0.4, -0.2) is 19.5 Å². The second kappa shape index (κ2) is 4.50. The summed E-state index contributed by atoms with van der Waals surface area (Å²) in [6.07, 6.45) is 2.84. The highest BCUT2D eigenvalue weighted by Crippen LogP contribution is 2.16. The number of hydrogen-bond acceptors (Lipinski definition) is 4. The Balaban J connectivity index is 0.000000531. The normalized spacial score (nSPS) is 9.53. The van der Waals surface area contributed by atoms with Crippen molar-refractivity contribution >= 4 is 11.3 Å². The number of fused-ring (bicyclic) bond motifs is 1. The SMILES string of the molecule is CC.Cc1ccn2ncc([N+](=O)[O-])c2n1. The summed E-state index contributed by atoms with van der Waals surface area (Å²) < 4.78 is 1.38. The first-order chi connectivity index (χ1) is 7.18. The maximum Gasteiger partial charge on any atom is 0.333 e. The van der Waals surface area contributed by atoms with Crippen LogP contribution in [0.5, 0.6) is 0 Å². The van der Waals surface area contributed by atoms with Crippen molar-refractivity contribution < 1.29 is 4.92 Å². The van der Waals surface area contributed by atoms with Gasteiger partial charge in [0, 0.05) is 11.9 Å². The van der Waals surface area contributed by atoms with Crippen LogP contribution in [-0.2, 0) is 0 Å². The lowest BCUT2D eigenvalue weighted by Gasteiger charge is -1.92. The van der Waals surface area contributed by atoms with Gasteiger partial charge in [-0.05, 0) is 13.0 Å². The van der Waals surface area contributed by atoms with Crippen LogP contribution in [0.4, 0.5) is 5.69 Å². The molecule has 0 saturated heterocycles. The molecule has 0 bridgehead atoms. The van der Waals surface area contributed by atoms with Crippen LogP contribution < -0.4 is 0 Å². The Kier molecular flexibility index (Phi) is 3.33. The topological polar surface area (TPSA) is 73.3 Å². The molecule has 0 atom stereocenters. The molecule has 0 aliphatic rings. The summed E-state index contributed by atoms with van der Waals surface area (Å²) in [4.78, 5) is 14.0. The maximum absolute atomic E-state index is 10.5. The van der Waals surface area contributed by atoms with Gasteiger partial charge in [-0.15, -0.1) is 0 Å². The molecule has 6 nitrogen and oxygen atoms in total. The van der Waals surface area contributed by atoms with Gasteiger partial charge in [-0.2, -0.15) is 5.10 Å². The zero-order valence-electron chi connectivity index (χ0n) is 8.84. The number of hydrogen-bond donors (Lipinski definition) is 0. The van der Waals surface area contributed by atoms with E-state index in [2.05, 4.69) is 10.1 Å². The average Bonchev–Trinajstić information content (AvgIpc) is 2.63. The summed E-state index contributed by atoms with van der Waals surface area (Å²) in [6, 6.07) is 1.74. The minimum Gasteiger partial charge on any atom is -0.258 e. The van der Waals surface area contributed by atoms with Gasteiger partial charge in [-0.1, -0.05) is 13.8 Å². The highest BCUT2D eigenvalue weighted by molar-refractivity contribution is 5.57. The number of aromatic nitrogens is 3. The predicted molar refractivity (Wildman–Crippen MR) is 55.7 cm³/mol. The molecule has 0 spiro atoms. The highest BCUT2D eigenvalue weighted by atomic mass is 16.6. The van der Waals surface area contributed by atoms with Crippen molar-refractivity contribution in [2.45, 2.75) is 20.8 Å². The van der Waals surface area contributed by atoms with Crippen molar-refractivity contribution in [3.63, 3.8) is 0 Å². The highest BCUT2D eigenvalue weighted by Gasteiger charge is 2.15. The molecule has 0 amide bonds. The van der Waals surface area contributed by atoms with E-state index in [9.17, 15) is 10.1 Å². The van der Waals surface area contributed by atoms with Gasteiger partial charge >= 0.3 is 5.69 Å². The van der Waals surface area contributed by atoms with Crippen LogP contribution in [0.25, 0.3) is 5.65 Å². The molecular weight excluding hydrogens is 196 g/mol. The van der Waals surface area contributed by atoms with Crippen LogP contribution in [0.3, 0.4) is 0 Å². The van der Waals surface area contributed by atoms with Crippen molar-refractivity contribution in [2.24, 2.45) is 0 Å². The smallest absolute Gasteiger partial charge is 0.258 e. The third-order valence-corrected chi connectivity index (χ3v) is 1.69. The van der Waals surface area contributed by atoms with Gasteiger partial charge < -0.3 is 0 Å². The first-order valence-corrected chi connectivity index (χ1v) is 4.64. The summed E-state index contributed by atoms with van der Waals surface area (Å²) in [5.74, 6) is 0. The Labute approximate surface area is 86.7 Å². The molecule has 6 heteroatoms. The Morgan fingerprint density at radius 2 is 2.13 bits per heavy atom. The van der Waals surface area contributed by atoms with Crippen molar-refractivity contribution in [3.05, 3.63) is 34.3 Å². The number of nitrogens with zero attached hydrogens (tertiary/aromatic N) is 4. The maximum atomic E-state index is 10.5. The zero-order chi connectivity index (χ0) is 11.4. The molecule has 2 aromatic heterocycles. The Hall–Kier alpha value is -1.98. The first-order valence-electron chi connectivity index (χ1n) is 4.64. The summed E-state index contributed by atoms with van der Waals surface area (Å²) >= 11 is 0. The van der Waals surface area contributed by atoms with E-state index in [-0.39, 0.29) is 11.3 Å². The monoisotopic (exact) mass is 208 g/mol. The van der Waals surface area contributed by atoms with Gasteiger partial charge in [0.1, 0.15) is 6.20 Å². The first kappa shape index (κ1) is 11.1. The van der Waals surface area contributed by atoms with Crippen LogP contribution in [0.15, 0.2) is 18.5 Å². The molecule has 0 saturated carbocycles. The minimum atomic E-state index is -0.491. The lowest BCUT2D eigenvalue weighted by Crippen LogP contribution is -1.93. The standard InChI is InChI=1S/C7H6N4O2.C2H6/c1-5-2-3-10-7(9-5)6(4-8-10)11(12)13;1-2/h2-4H,1H3;1-2H3. The molecule has 0 aliphatic carbocycles. The summed E-state index contributed by atoms with van der Waals surface area (Å²) in [5.41, 5.74) is 0.949. The fourth-order valence-corrected chi connectivity index (χ4v) is 1.08. The summed E-state index contributed by atoms with van der Waals surface area (Å²) in [7, 11) is 0. The summed E-state index contributed by atoms with van der Waals surface area (Å²) in [6.45, 7) is 5.77. The second-order valence-corrected chi connectivity index (χ2v) is 2.62. The Bertz CT molecular complexity index is 478. The Morgan fingerprint density at radius 3 is 2.73 bits per heavy atom. The van der Waals surface area contributed by atoms with E-state index in [1.807, 2.05) is 13.8 Å². The number of nitro groups is 1. The molecule has 2 rings (SSSR count). The average molecular weight is 208 g/mol. The van der Waals surface area contributed by atoms with Crippen molar-refractivity contribution in [1.82, 2.24) is 14.6 Å². The molecule has 0 unspecified atom stereocenters. The third-order valence-electron chi connectivity index (χ3n) is 1.69. The molecule has 0 aromatic carbocycles. The van der Waals surface area contributed by atoms with Gasteiger partial charge in [0.2, 0.25) is 5.65 Å². The van der Waals surface area contributed by atoms with Crippen LogP contribution in [0.2, 0.25) is 0 Å². The van der Waals surface area contributed by atoms with Gasteiger partial charge in [-0.25, -0.2) is 9.50 Å². The lowest BCUT2D eigenvalue weighted by atomic mass is 10.4. The molecule has 0 radical (unpaired) electrons. The number of aryl methyl sites for hydroxylation is 1. The van der Waals surface area contributed by atoms with Crippen molar-refractivity contribution in [3.8, 4) is 0 Å². The fourth-order valence-electron chi connectivity index (χ4n) is 1.08. The van der Waals surface area contributed by atoms with E-state index in [4.69, 9.17) is 0 Å². The lowest BCUT2D eigenvalue weighted by molar-refractivity contribution is -0.383. The Morgan fingerprint density at radius 1 is 1.47 bits per heavy atom. The van der Waals surface area contributed by atoms with Crippen LogP contribution >= 0.6 is 0 Å². The zero-order valence-corrected chi connectivity index (χ0v) is 8.84. The second-order valence-electron chi connectivity index (χ2n) is 2.62. The molecule has 15 heavy (non-hydrogen) atoms. The summed E-state index contributed by atoms with van der Waals surface area (Å²) in [5, 5.41) is 14.3. The number of rotatable bonds is 1. The van der Waals surface area contributed by atoms with Crippen molar-refractivity contribution in [2.75, 3.05) is 0 Å². The van der Waals surface area contributed by atoms with E-state index in [0.717, 1.165) is 5.69 Å². The van der Waals surface area contributed by atoms with Gasteiger partial charge in [0.25, 0.3) is 0 Å². The van der Waals surface area contributed by atoms with E-state index < -0.39 is 4.92 Å².